The van der Waals surface area contributed by atoms with Crippen LogP contribution in [-0.2, 0) is 6.42 Å². The van der Waals surface area contributed by atoms with Crippen LogP contribution in [0, 0.1) is 0 Å². The van der Waals surface area contributed by atoms with Crippen molar-refractivity contribution in [2.45, 2.75) is 18.9 Å². The van der Waals surface area contributed by atoms with E-state index in [0.717, 1.165) is 29.9 Å². The average molecular weight is 292 g/mol. The molecule has 0 radical (unpaired) electrons. The van der Waals surface area contributed by atoms with Crippen LogP contribution in [0.15, 0.2) is 35.0 Å². The Morgan fingerprint density at radius 3 is 2.70 bits per heavy atom. The molecule has 1 atom stereocenters. The van der Waals surface area contributed by atoms with Gasteiger partial charge in [-0.3, -0.25) is 11.3 Å². The van der Waals surface area contributed by atoms with E-state index < -0.39 is 0 Å². The zero-order chi connectivity index (χ0) is 14.4. The molecule has 0 aliphatic carbocycles. The Morgan fingerprint density at radius 2 is 2.10 bits per heavy atom. The number of benzene rings is 1. The van der Waals surface area contributed by atoms with Crippen molar-refractivity contribution >= 4 is 11.3 Å². The molecule has 1 unspecified atom stereocenters. The Balaban J connectivity index is 2.13. The van der Waals surface area contributed by atoms with Gasteiger partial charge < -0.3 is 9.47 Å². The number of thiophene rings is 1. The second-order valence-corrected chi connectivity index (χ2v) is 5.28. The summed E-state index contributed by atoms with van der Waals surface area (Å²) in [5, 5.41) is 4.26. The number of hydrogen-bond donors (Lipinski definition) is 2. The Morgan fingerprint density at radius 1 is 1.25 bits per heavy atom. The summed E-state index contributed by atoms with van der Waals surface area (Å²) in [6.45, 7) is 0. The second kappa shape index (κ2) is 7.28. The molecule has 1 aromatic carbocycles. The first-order valence-electron chi connectivity index (χ1n) is 6.47. The Kier molecular flexibility index (Phi) is 5.40. The quantitative estimate of drug-likeness (QED) is 0.608. The van der Waals surface area contributed by atoms with Gasteiger partial charge in [0.2, 0.25) is 0 Å². The molecule has 0 aliphatic heterocycles. The lowest BCUT2D eigenvalue weighted by molar-refractivity contribution is 0.382. The maximum Gasteiger partial charge on any atom is 0.127 e. The van der Waals surface area contributed by atoms with Crippen LogP contribution in [0.25, 0.3) is 0 Å². The third-order valence-corrected chi connectivity index (χ3v) is 4.05. The number of hydrazine groups is 1. The highest BCUT2D eigenvalue weighted by molar-refractivity contribution is 7.07. The Bertz CT molecular complexity index is 529. The predicted molar refractivity (Wildman–Crippen MR) is 82.3 cm³/mol. The zero-order valence-corrected chi connectivity index (χ0v) is 12.6. The van der Waals surface area contributed by atoms with Gasteiger partial charge in [0.1, 0.15) is 11.5 Å². The minimum Gasteiger partial charge on any atom is -0.497 e. The van der Waals surface area contributed by atoms with E-state index in [9.17, 15) is 0 Å². The number of nitrogens with two attached hydrogens (primary N) is 1. The third kappa shape index (κ3) is 3.50. The van der Waals surface area contributed by atoms with E-state index in [0.29, 0.717) is 0 Å². The van der Waals surface area contributed by atoms with E-state index in [-0.39, 0.29) is 6.04 Å². The lowest BCUT2D eigenvalue weighted by Gasteiger charge is -2.19. The van der Waals surface area contributed by atoms with E-state index >= 15 is 0 Å². The second-order valence-electron chi connectivity index (χ2n) is 4.50. The van der Waals surface area contributed by atoms with Crippen LogP contribution in [0.4, 0.5) is 0 Å². The fraction of sp³-hybridized carbons (Fsp3) is 0.333. The molecule has 0 saturated carbocycles. The lowest BCUT2D eigenvalue weighted by atomic mass is 9.99. The molecule has 3 N–H and O–H groups in total. The van der Waals surface area contributed by atoms with E-state index in [1.54, 1.807) is 25.6 Å². The van der Waals surface area contributed by atoms with Crippen LogP contribution < -0.4 is 20.7 Å². The molecular formula is C15H20N2O2S. The molecule has 2 rings (SSSR count). The standard InChI is InChI=1S/C15H20N2O2S/c1-18-12-4-5-13(15(9-12)19-2)14(17-16)6-3-11-7-8-20-10-11/h4-5,7-10,14,17H,3,6,16H2,1-2H3. The van der Waals surface area contributed by atoms with Crippen LogP contribution in [0.1, 0.15) is 23.6 Å². The molecule has 5 heteroatoms. The molecule has 20 heavy (non-hydrogen) atoms. The van der Waals surface area contributed by atoms with Crippen molar-refractivity contribution in [2.75, 3.05) is 14.2 Å². The molecule has 0 amide bonds. The molecule has 0 saturated heterocycles. The van der Waals surface area contributed by atoms with Gasteiger partial charge in [0.05, 0.1) is 14.2 Å². The SMILES string of the molecule is COc1ccc(C(CCc2ccsc2)NN)c(OC)c1. The normalized spacial score (nSPS) is 12.2. The van der Waals surface area contributed by atoms with Crippen LogP contribution in [0.3, 0.4) is 0 Å². The van der Waals surface area contributed by atoms with Crippen molar-refractivity contribution in [1.82, 2.24) is 5.43 Å². The summed E-state index contributed by atoms with van der Waals surface area (Å²) in [7, 11) is 3.30. The van der Waals surface area contributed by atoms with E-state index in [1.165, 1.54) is 5.56 Å². The van der Waals surface area contributed by atoms with Gasteiger partial charge in [-0.1, -0.05) is 6.07 Å². The van der Waals surface area contributed by atoms with Gasteiger partial charge in [0.15, 0.2) is 0 Å². The smallest absolute Gasteiger partial charge is 0.127 e. The van der Waals surface area contributed by atoms with E-state index in [4.69, 9.17) is 15.3 Å². The van der Waals surface area contributed by atoms with Crippen molar-refractivity contribution in [3.05, 3.63) is 46.2 Å². The van der Waals surface area contributed by atoms with Crippen molar-refractivity contribution in [1.29, 1.82) is 0 Å². The minimum atomic E-state index is 0.0516. The number of aryl methyl sites for hydroxylation is 1. The summed E-state index contributed by atoms with van der Waals surface area (Å²) in [6.07, 6.45) is 1.89. The zero-order valence-electron chi connectivity index (χ0n) is 11.8. The van der Waals surface area contributed by atoms with Gasteiger partial charge in [-0.25, -0.2) is 0 Å². The van der Waals surface area contributed by atoms with E-state index in [1.807, 2.05) is 18.2 Å². The largest absolute Gasteiger partial charge is 0.497 e. The van der Waals surface area contributed by atoms with Gasteiger partial charge >= 0.3 is 0 Å². The van der Waals surface area contributed by atoms with Gasteiger partial charge in [0, 0.05) is 17.7 Å². The summed E-state index contributed by atoms with van der Waals surface area (Å²) in [6, 6.07) is 7.99. The first-order valence-corrected chi connectivity index (χ1v) is 7.42. The van der Waals surface area contributed by atoms with Crippen molar-refractivity contribution < 1.29 is 9.47 Å². The minimum absolute atomic E-state index is 0.0516. The molecule has 108 valence electrons. The molecular weight excluding hydrogens is 272 g/mol. The average Bonchev–Trinajstić information content (AvgIpc) is 3.01. The summed E-state index contributed by atoms with van der Waals surface area (Å²) < 4.78 is 10.6. The summed E-state index contributed by atoms with van der Waals surface area (Å²) in [5.74, 6) is 7.27. The highest BCUT2D eigenvalue weighted by Gasteiger charge is 2.15. The van der Waals surface area contributed by atoms with Crippen LogP contribution in [-0.4, -0.2) is 14.2 Å². The number of hydrogen-bond acceptors (Lipinski definition) is 5. The predicted octanol–water partition coefficient (Wildman–Crippen LogP) is 2.90. The third-order valence-electron chi connectivity index (χ3n) is 3.32. The van der Waals surface area contributed by atoms with Gasteiger partial charge in [-0.2, -0.15) is 11.3 Å². The lowest BCUT2D eigenvalue weighted by Crippen LogP contribution is -2.28. The summed E-state index contributed by atoms with van der Waals surface area (Å²) in [5.41, 5.74) is 5.26. The molecule has 0 aliphatic rings. The monoisotopic (exact) mass is 292 g/mol. The number of rotatable bonds is 7. The molecule has 4 nitrogen and oxygen atoms in total. The molecule has 2 aromatic rings. The molecule has 0 bridgehead atoms. The van der Waals surface area contributed by atoms with Gasteiger partial charge in [0.25, 0.3) is 0 Å². The van der Waals surface area contributed by atoms with Gasteiger partial charge in [-0.15, -0.1) is 0 Å². The highest BCUT2D eigenvalue weighted by atomic mass is 32.1. The molecule has 0 spiro atoms. The number of methoxy groups -OCH3 is 2. The van der Waals surface area contributed by atoms with Crippen LogP contribution in [0.5, 0.6) is 11.5 Å². The van der Waals surface area contributed by atoms with Crippen molar-refractivity contribution in [3.8, 4) is 11.5 Å². The summed E-state index contributed by atoms with van der Waals surface area (Å²) >= 11 is 1.71. The van der Waals surface area contributed by atoms with Gasteiger partial charge in [-0.05, 0) is 41.3 Å². The number of ether oxygens (including phenoxy) is 2. The van der Waals surface area contributed by atoms with Crippen LogP contribution >= 0.6 is 11.3 Å². The fourth-order valence-corrected chi connectivity index (χ4v) is 2.88. The molecule has 1 heterocycles. The Hall–Kier alpha value is -1.56. The topological polar surface area (TPSA) is 56.5 Å². The Labute approximate surface area is 123 Å². The molecule has 0 fully saturated rings. The maximum atomic E-state index is 5.70. The number of nitrogens with one attached hydrogen (secondary N) is 1. The maximum absolute atomic E-state index is 5.70. The first-order chi connectivity index (χ1) is 9.78. The van der Waals surface area contributed by atoms with Crippen LogP contribution in [0.2, 0.25) is 0 Å². The molecule has 1 aromatic heterocycles. The van der Waals surface area contributed by atoms with E-state index in [2.05, 4.69) is 22.3 Å². The van der Waals surface area contributed by atoms with Crippen molar-refractivity contribution in [3.63, 3.8) is 0 Å². The fourth-order valence-electron chi connectivity index (χ4n) is 2.18. The van der Waals surface area contributed by atoms with Crippen molar-refractivity contribution in [2.24, 2.45) is 5.84 Å². The first kappa shape index (κ1) is 14.8. The summed E-state index contributed by atoms with van der Waals surface area (Å²) in [4.78, 5) is 0. The highest BCUT2D eigenvalue weighted by Crippen LogP contribution is 2.31.